The fraction of sp³-hybridized carbons (Fsp3) is 0.306. The Kier molecular flexibility index (Phi) is 9.92. The lowest BCUT2D eigenvalue weighted by molar-refractivity contribution is -0.118. The molecule has 41 heavy (non-hydrogen) atoms. The highest BCUT2D eigenvalue weighted by Gasteiger charge is 2.23. The fourth-order valence-corrected chi connectivity index (χ4v) is 5.70. The Balaban J connectivity index is 1.19. The molecular formula is C36H39BrN2O2. The lowest BCUT2D eigenvalue weighted by Crippen LogP contribution is -2.34. The molecule has 1 aliphatic heterocycles. The monoisotopic (exact) mass is 610 g/mol. The molecule has 0 radical (unpaired) electrons. The number of rotatable bonds is 10. The average molecular weight is 612 g/mol. The number of hydrogen-bond donors (Lipinski definition) is 1. The van der Waals surface area contributed by atoms with Gasteiger partial charge in [0.25, 0.3) is 0 Å². The zero-order chi connectivity index (χ0) is 28.6. The van der Waals surface area contributed by atoms with E-state index in [1.54, 1.807) is 0 Å². The molecule has 4 nitrogen and oxygen atoms in total. The molecule has 1 fully saturated rings. The number of ether oxygens (including phenoxy) is 1. The first kappa shape index (κ1) is 29.1. The molecule has 0 spiro atoms. The van der Waals surface area contributed by atoms with Crippen LogP contribution >= 0.6 is 15.9 Å². The summed E-state index contributed by atoms with van der Waals surface area (Å²) >= 11 is 3.57. The smallest absolute Gasteiger partial charge is 0.226 e. The molecule has 1 unspecified atom stereocenters. The molecule has 212 valence electrons. The second-order valence-electron chi connectivity index (χ2n) is 11.2. The maximum absolute atomic E-state index is 12.1. The van der Waals surface area contributed by atoms with Gasteiger partial charge >= 0.3 is 0 Å². The summed E-state index contributed by atoms with van der Waals surface area (Å²) in [6.45, 7) is 6.95. The Morgan fingerprint density at radius 2 is 1.56 bits per heavy atom. The van der Waals surface area contributed by atoms with Crippen molar-refractivity contribution in [2.45, 2.75) is 45.1 Å². The average Bonchev–Trinajstić information content (AvgIpc) is 3.01. The van der Waals surface area contributed by atoms with E-state index in [2.05, 4.69) is 117 Å². The highest BCUT2D eigenvalue weighted by Crippen LogP contribution is 2.32. The first-order chi connectivity index (χ1) is 19.9. The summed E-state index contributed by atoms with van der Waals surface area (Å²) < 4.78 is 7.67. The van der Waals surface area contributed by atoms with Crippen molar-refractivity contribution >= 4 is 27.5 Å². The molecule has 5 rings (SSSR count). The molecule has 5 heteroatoms. The van der Waals surface area contributed by atoms with E-state index in [0.29, 0.717) is 5.92 Å². The zero-order valence-corrected chi connectivity index (χ0v) is 25.5. The topological polar surface area (TPSA) is 41.6 Å². The number of halogens is 1. The summed E-state index contributed by atoms with van der Waals surface area (Å²) in [5.74, 6) is 1.44. The van der Waals surface area contributed by atoms with Gasteiger partial charge in [-0.2, -0.15) is 0 Å². The number of hydrogen-bond acceptors (Lipinski definition) is 3. The number of likely N-dealkylation sites (tertiary alicyclic amines) is 1. The Morgan fingerprint density at radius 1 is 0.878 bits per heavy atom. The minimum absolute atomic E-state index is 0.0235. The van der Waals surface area contributed by atoms with Gasteiger partial charge in [0.05, 0.1) is 0 Å². The molecule has 1 amide bonds. The van der Waals surface area contributed by atoms with Crippen LogP contribution in [0.2, 0.25) is 0 Å². The highest BCUT2D eigenvalue weighted by molar-refractivity contribution is 9.10. The maximum Gasteiger partial charge on any atom is 0.226 e. The predicted molar refractivity (Wildman–Crippen MR) is 172 cm³/mol. The van der Waals surface area contributed by atoms with Crippen molar-refractivity contribution in [3.8, 4) is 16.9 Å². The molecule has 0 saturated carbocycles. The lowest BCUT2D eigenvalue weighted by Gasteiger charge is -2.33. The molecule has 4 aromatic rings. The van der Waals surface area contributed by atoms with Crippen LogP contribution in [0.1, 0.15) is 56.3 Å². The second kappa shape index (κ2) is 14.0. The Hall–Kier alpha value is -3.41. The van der Waals surface area contributed by atoms with Gasteiger partial charge < -0.3 is 15.0 Å². The quantitative estimate of drug-likeness (QED) is 0.195. The highest BCUT2D eigenvalue weighted by atomic mass is 79.9. The Labute approximate surface area is 252 Å². The molecule has 1 atom stereocenters. The van der Waals surface area contributed by atoms with Gasteiger partial charge in [-0.3, -0.25) is 4.79 Å². The SMILES string of the molecule is CC(C)C(=O)Nc1cccc(C2CCN(CCC(Oc3ccc(-c4ccccc4)cc3)c3ccc(Br)cc3)CC2)c1. The van der Waals surface area contributed by atoms with Crippen molar-refractivity contribution < 1.29 is 9.53 Å². The number of carbonyl (C=O) groups is 1. The van der Waals surface area contributed by atoms with Crippen LogP contribution in [0, 0.1) is 5.92 Å². The van der Waals surface area contributed by atoms with E-state index in [9.17, 15) is 4.79 Å². The van der Waals surface area contributed by atoms with Gasteiger partial charge in [0.2, 0.25) is 5.91 Å². The minimum atomic E-state index is -0.0271. The first-order valence-corrected chi connectivity index (χ1v) is 15.4. The number of nitrogens with zero attached hydrogens (tertiary/aromatic N) is 1. The van der Waals surface area contributed by atoms with Crippen LogP contribution in [0.15, 0.2) is 108 Å². The van der Waals surface area contributed by atoms with E-state index in [1.165, 1.54) is 22.3 Å². The molecule has 1 aliphatic rings. The van der Waals surface area contributed by atoms with E-state index in [4.69, 9.17) is 4.74 Å². The largest absolute Gasteiger partial charge is 0.486 e. The standard InChI is InChI=1S/C36H39BrN2O2/c1-26(2)36(40)38-33-10-6-9-31(25-33)29-19-22-39(23-20-29)24-21-35(30-11-15-32(37)16-12-30)41-34-17-13-28(14-18-34)27-7-4-3-5-8-27/h3-18,25-26,29,35H,19-24H2,1-2H3,(H,38,40). The molecular weight excluding hydrogens is 572 g/mol. The van der Waals surface area contributed by atoms with Crippen molar-refractivity contribution in [1.82, 2.24) is 4.90 Å². The van der Waals surface area contributed by atoms with Gasteiger partial charge in [-0.15, -0.1) is 0 Å². The number of carbonyl (C=O) groups excluding carboxylic acids is 1. The molecule has 0 aromatic heterocycles. The summed E-state index contributed by atoms with van der Waals surface area (Å²) in [5, 5.41) is 3.05. The molecule has 1 heterocycles. The lowest BCUT2D eigenvalue weighted by atomic mass is 9.89. The summed E-state index contributed by atoms with van der Waals surface area (Å²) in [7, 11) is 0. The van der Waals surface area contributed by atoms with Crippen LogP contribution in [0.4, 0.5) is 5.69 Å². The van der Waals surface area contributed by atoms with Gasteiger partial charge in [0.15, 0.2) is 0 Å². The van der Waals surface area contributed by atoms with Crippen LogP contribution in [0.3, 0.4) is 0 Å². The predicted octanol–water partition coefficient (Wildman–Crippen LogP) is 9.10. The molecule has 0 bridgehead atoms. The third kappa shape index (κ3) is 8.08. The van der Waals surface area contributed by atoms with E-state index in [-0.39, 0.29) is 17.9 Å². The van der Waals surface area contributed by atoms with Crippen molar-refractivity contribution in [2.75, 3.05) is 25.0 Å². The van der Waals surface area contributed by atoms with Crippen molar-refractivity contribution in [2.24, 2.45) is 5.92 Å². The number of nitrogens with one attached hydrogen (secondary N) is 1. The first-order valence-electron chi connectivity index (χ1n) is 14.7. The third-order valence-corrected chi connectivity index (χ3v) is 8.46. The van der Waals surface area contributed by atoms with Crippen LogP contribution in [-0.2, 0) is 4.79 Å². The summed E-state index contributed by atoms with van der Waals surface area (Å²) in [5.41, 5.74) is 5.81. The number of piperidine rings is 1. The van der Waals surface area contributed by atoms with Crippen molar-refractivity contribution in [3.05, 3.63) is 119 Å². The Bertz CT molecular complexity index is 1400. The zero-order valence-electron chi connectivity index (χ0n) is 23.9. The molecule has 4 aromatic carbocycles. The normalized spacial score (nSPS) is 15.0. The van der Waals surface area contributed by atoms with Crippen LogP contribution in [0.5, 0.6) is 5.75 Å². The maximum atomic E-state index is 12.1. The van der Waals surface area contributed by atoms with Crippen molar-refractivity contribution in [1.29, 1.82) is 0 Å². The summed E-state index contributed by atoms with van der Waals surface area (Å²) in [6, 6.07) is 35.8. The minimum Gasteiger partial charge on any atom is -0.486 e. The fourth-order valence-electron chi connectivity index (χ4n) is 5.44. The van der Waals surface area contributed by atoms with Crippen molar-refractivity contribution in [3.63, 3.8) is 0 Å². The number of anilines is 1. The van der Waals surface area contributed by atoms with Gasteiger partial charge in [-0.25, -0.2) is 0 Å². The van der Waals surface area contributed by atoms with Gasteiger partial charge in [-0.05, 0) is 90.5 Å². The number of benzene rings is 4. The van der Waals surface area contributed by atoms with Gasteiger partial charge in [-0.1, -0.05) is 96.5 Å². The van der Waals surface area contributed by atoms with Gasteiger partial charge in [0, 0.05) is 29.0 Å². The van der Waals surface area contributed by atoms with E-state index < -0.39 is 0 Å². The van der Waals surface area contributed by atoms with Crippen LogP contribution in [-0.4, -0.2) is 30.4 Å². The third-order valence-electron chi connectivity index (χ3n) is 7.93. The van der Waals surface area contributed by atoms with E-state index in [0.717, 1.165) is 54.8 Å². The second-order valence-corrected chi connectivity index (χ2v) is 12.1. The van der Waals surface area contributed by atoms with E-state index >= 15 is 0 Å². The summed E-state index contributed by atoms with van der Waals surface area (Å²) in [4.78, 5) is 14.7. The summed E-state index contributed by atoms with van der Waals surface area (Å²) in [6.07, 6.45) is 3.13. The number of amides is 1. The van der Waals surface area contributed by atoms with Crippen LogP contribution in [0.25, 0.3) is 11.1 Å². The van der Waals surface area contributed by atoms with E-state index in [1.807, 2.05) is 26.0 Å². The van der Waals surface area contributed by atoms with Crippen LogP contribution < -0.4 is 10.1 Å². The van der Waals surface area contributed by atoms with Gasteiger partial charge in [0.1, 0.15) is 11.9 Å². The molecule has 0 aliphatic carbocycles. The molecule has 1 N–H and O–H groups in total. The Morgan fingerprint density at radius 3 is 2.24 bits per heavy atom. The molecule has 1 saturated heterocycles.